The first-order valence-electron chi connectivity index (χ1n) is 8.99. The normalized spacial score (nSPS) is 28.6. The van der Waals surface area contributed by atoms with E-state index in [2.05, 4.69) is 30.8 Å². The van der Waals surface area contributed by atoms with Crippen molar-refractivity contribution in [2.45, 2.75) is 58.3 Å². The first-order valence-corrected chi connectivity index (χ1v) is 8.99. The Hall–Kier alpha value is -1.39. The summed E-state index contributed by atoms with van der Waals surface area (Å²) in [4.78, 5) is 6.83. The van der Waals surface area contributed by atoms with Gasteiger partial charge in [-0.05, 0) is 76.4 Å². The first-order chi connectivity index (χ1) is 11.3. The van der Waals surface area contributed by atoms with Gasteiger partial charge in [-0.15, -0.1) is 0 Å². The number of hydrogen-bond acceptors (Lipinski definition) is 4. The number of rotatable bonds is 6. The van der Waals surface area contributed by atoms with Crippen LogP contribution in [0.5, 0.6) is 5.75 Å². The van der Waals surface area contributed by atoms with E-state index in [0.717, 1.165) is 30.7 Å². The summed E-state index contributed by atoms with van der Waals surface area (Å²) in [5, 5.41) is 10.9. The molecule has 0 bridgehead atoms. The molecule has 1 saturated heterocycles. The van der Waals surface area contributed by atoms with Crippen molar-refractivity contribution in [1.82, 2.24) is 4.90 Å². The molecule has 0 amide bonds. The fourth-order valence-electron chi connectivity index (χ4n) is 3.33. The van der Waals surface area contributed by atoms with Crippen molar-refractivity contribution in [3.05, 3.63) is 29.8 Å². The molecule has 0 radical (unpaired) electrons. The molecule has 24 heavy (non-hydrogen) atoms. The summed E-state index contributed by atoms with van der Waals surface area (Å²) in [6.45, 7) is 9.95. The van der Waals surface area contributed by atoms with Crippen molar-refractivity contribution < 1.29 is 9.84 Å². The van der Waals surface area contributed by atoms with Crippen LogP contribution in [0.4, 0.5) is 0 Å². The van der Waals surface area contributed by atoms with E-state index in [1.807, 2.05) is 44.3 Å². The number of nitrogens with zero attached hydrogens (tertiary/aromatic N) is 2. The van der Waals surface area contributed by atoms with E-state index in [9.17, 15) is 5.11 Å². The number of aliphatic hydroxyl groups is 1. The van der Waals surface area contributed by atoms with Crippen LogP contribution >= 0.6 is 0 Å². The second-order valence-corrected chi connectivity index (χ2v) is 7.52. The summed E-state index contributed by atoms with van der Waals surface area (Å²) in [5.74, 6) is 1.16. The van der Waals surface area contributed by atoms with Crippen LogP contribution in [0.25, 0.3) is 0 Å². The largest absolute Gasteiger partial charge is 0.491 e. The maximum absolute atomic E-state index is 10.9. The molecule has 0 aliphatic carbocycles. The Morgan fingerprint density at radius 3 is 2.62 bits per heavy atom. The Labute approximate surface area is 146 Å². The van der Waals surface area contributed by atoms with Gasteiger partial charge in [0.1, 0.15) is 5.75 Å². The molecule has 0 saturated carbocycles. The number of piperidine rings is 1. The lowest BCUT2D eigenvalue weighted by atomic mass is 9.77. The molecular formula is C20H32N2O2. The lowest BCUT2D eigenvalue weighted by Crippen LogP contribution is -2.53. The van der Waals surface area contributed by atoms with Crippen molar-refractivity contribution in [2.75, 3.05) is 20.1 Å². The van der Waals surface area contributed by atoms with E-state index in [4.69, 9.17) is 4.74 Å². The monoisotopic (exact) mass is 332 g/mol. The van der Waals surface area contributed by atoms with Crippen LogP contribution in [-0.2, 0) is 0 Å². The van der Waals surface area contributed by atoms with Gasteiger partial charge in [0.05, 0.1) is 11.7 Å². The van der Waals surface area contributed by atoms with Crippen LogP contribution in [0.3, 0.4) is 0 Å². The lowest BCUT2D eigenvalue weighted by molar-refractivity contribution is -0.0818. The van der Waals surface area contributed by atoms with Crippen molar-refractivity contribution in [2.24, 2.45) is 10.9 Å². The number of benzene rings is 1. The van der Waals surface area contributed by atoms with Crippen molar-refractivity contribution in [1.29, 1.82) is 0 Å². The van der Waals surface area contributed by atoms with Crippen molar-refractivity contribution in [3.8, 4) is 5.75 Å². The first kappa shape index (κ1) is 18.9. The van der Waals surface area contributed by atoms with E-state index in [1.165, 1.54) is 0 Å². The van der Waals surface area contributed by atoms with E-state index in [-0.39, 0.29) is 12.0 Å². The Bertz CT molecular complexity index is 541. The molecule has 0 spiro atoms. The maximum atomic E-state index is 10.9. The summed E-state index contributed by atoms with van der Waals surface area (Å²) in [7, 11) is 2.13. The molecule has 1 fully saturated rings. The van der Waals surface area contributed by atoms with Gasteiger partial charge < -0.3 is 14.7 Å². The zero-order chi connectivity index (χ0) is 17.7. The van der Waals surface area contributed by atoms with Gasteiger partial charge in [0, 0.05) is 25.3 Å². The minimum atomic E-state index is -0.599. The molecule has 3 atom stereocenters. The third-order valence-electron chi connectivity index (χ3n) is 5.05. The second kappa shape index (κ2) is 8.13. The van der Waals surface area contributed by atoms with E-state index in [0.29, 0.717) is 12.6 Å². The summed E-state index contributed by atoms with van der Waals surface area (Å²) in [6, 6.07) is 8.38. The molecule has 0 unspecified atom stereocenters. The minimum Gasteiger partial charge on any atom is -0.491 e. The van der Waals surface area contributed by atoms with Crippen LogP contribution in [0.2, 0.25) is 0 Å². The molecule has 4 nitrogen and oxygen atoms in total. The molecule has 4 heteroatoms. The Kier molecular flexibility index (Phi) is 6.41. The summed E-state index contributed by atoms with van der Waals surface area (Å²) in [5.41, 5.74) is 0.459. The van der Waals surface area contributed by atoms with Crippen LogP contribution < -0.4 is 4.74 Å². The molecule has 1 heterocycles. The Balaban J connectivity index is 1.85. The molecule has 2 rings (SSSR count). The van der Waals surface area contributed by atoms with E-state index in [1.54, 1.807) is 0 Å². The van der Waals surface area contributed by atoms with Crippen LogP contribution in [0.1, 0.15) is 46.1 Å². The third kappa shape index (κ3) is 5.05. The SMILES string of the molecule is CC(C)Oc1ccc(C=NCC[C@]2(O)C[C@H](C)N(C)C[C@@H]2C)cc1. The highest BCUT2D eigenvalue weighted by Crippen LogP contribution is 2.33. The predicted octanol–water partition coefficient (Wildman–Crippen LogP) is 3.37. The lowest BCUT2D eigenvalue weighted by Gasteiger charge is -2.45. The number of aliphatic imine (C=N–C) groups is 1. The van der Waals surface area contributed by atoms with Gasteiger partial charge in [0.2, 0.25) is 0 Å². The van der Waals surface area contributed by atoms with Crippen molar-refractivity contribution in [3.63, 3.8) is 0 Å². The molecular weight excluding hydrogens is 300 g/mol. The zero-order valence-electron chi connectivity index (χ0n) is 15.7. The molecule has 1 N–H and O–H groups in total. The van der Waals surface area contributed by atoms with E-state index >= 15 is 0 Å². The Morgan fingerprint density at radius 2 is 2.00 bits per heavy atom. The van der Waals surface area contributed by atoms with Crippen molar-refractivity contribution >= 4 is 6.21 Å². The van der Waals surface area contributed by atoms with E-state index < -0.39 is 5.60 Å². The van der Waals surface area contributed by atoms with Gasteiger partial charge in [0.15, 0.2) is 0 Å². The average Bonchev–Trinajstić information content (AvgIpc) is 2.51. The standard InChI is InChI=1S/C20H32N2O2/c1-15(2)24-19-8-6-18(7-9-19)13-21-11-10-20(23)12-17(4)22(5)14-16(20)3/h6-9,13,15-17,23H,10-12,14H2,1-5H3/t16-,17-,20-/m0/s1. The molecule has 0 aromatic heterocycles. The summed E-state index contributed by atoms with van der Waals surface area (Å²) < 4.78 is 5.64. The van der Waals surface area contributed by atoms with Crippen LogP contribution in [0, 0.1) is 5.92 Å². The minimum absolute atomic E-state index is 0.184. The number of likely N-dealkylation sites (tertiary alicyclic amines) is 1. The number of hydrogen-bond donors (Lipinski definition) is 1. The highest BCUT2D eigenvalue weighted by Gasteiger charge is 2.40. The maximum Gasteiger partial charge on any atom is 0.119 e. The Morgan fingerprint density at radius 1 is 1.33 bits per heavy atom. The highest BCUT2D eigenvalue weighted by atomic mass is 16.5. The molecule has 1 aliphatic rings. The highest BCUT2D eigenvalue weighted by molar-refractivity contribution is 5.79. The van der Waals surface area contributed by atoms with Gasteiger partial charge in [-0.25, -0.2) is 0 Å². The number of ether oxygens (including phenoxy) is 1. The fourth-order valence-corrected chi connectivity index (χ4v) is 3.33. The third-order valence-corrected chi connectivity index (χ3v) is 5.05. The van der Waals surface area contributed by atoms with Gasteiger partial charge >= 0.3 is 0 Å². The fraction of sp³-hybridized carbons (Fsp3) is 0.650. The van der Waals surface area contributed by atoms with Crippen LogP contribution in [-0.4, -0.2) is 54.1 Å². The quantitative estimate of drug-likeness (QED) is 0.812. The molecule has 1 aromatic carbocycles. The molecule has 1 aromatic rings. The average molecular weight is 332 g/mol. The van der Waals surface area contributed by atoms with Gasteiger partial charge in [-0.1, -0.05) is 6.92 Å². The summed E-state index contributed by atoms with van der Waals surface area (Å²) in [6.07, 6.45) is 3.61. The summed E-state index contributed by atoms with van der Waals surface area (Å²) >= 11 is 0. The molecule has 1 aliphatic heterocycles. The smallest absolute Gasteiger partial charge is 0.119 e. The topological polar surface area (TPSA) is 45.1 Å². The van der Waals surface area contributed by atoms with Crippen LogP contribution in [0.15, 0.2) is 29.3 Å². The zero-order valence-corrected chi connectivity index (χ0v) is 15.7. The molecule has 134 valence electrons. The van der Waals surface area contributed by atoms with Gasteiger partial charge in [-0.2, -0.15) is 0 Å². The second-order valence-electron chi connectivity index (χ2n) is 7.52. The van der Waals surface area contributed by atoms with Gasteiger partial charge in [-0.3, -0.25) is 4.99 Å². The predicted molar refractivity (Wildman–Crippen MR) is 100 cm³/mol. The van der Waals surface area contributed by atoms with Gasteiger partial charge in [0.25, 0.3) is 0 Å².